The van der Waals surface area contributed by atoms with Gasteiger partial charge in [-0.3, -0.25) is 19.4 Å². The highest BCUT2D eigenvalue weighted by Crippen LogP contribution is 2.42. The summed E-state index contributed by atoms with van der Waals surface area (Å²) in [5.74, 6) is -1.18. The van der Waals surface area contributed by atoms with Crippen molar-refractivity contribution in [2.24, 2.45) is 0 Å². The number of amides is 2. The minimum absolute atomic E-state index is 0.0390. The topological polar surface area (TPSA) is 70.1 Å². The van der Waals surface area contributed by atoms with Crippen molar-refractivity contribution in [3.63, 3.8) is 0 Å². The average Bonchev–Trinajstić information content (AvgIpc) is 2.83. The molecule has 3 aromatic rings. The third-order valence-corrected chi connectivity index (χ3v) is 7.44. The van der Waals surface area contributed by atoms with Gasteiger partial charge in [0.2, 0.25) is 0 Å². The van der Waals surface area contributed by atoms with Gasteiger partial charge in [-0.2, -0.15) is 0 Å². The molecule has 0 atom stereocenters. The number of anilines is 2. The molecular formula is C25H18Br2N2O4S. The molecule has 4 rings (SSSR count). The summed E-state index contributed by atoms with van der Waals surface area (Å²) >= 11 is 12.5. The fourth-order valence-electron chi connectivity index (χ4n) is 3.49. The predicted molar refractivity (Wildman–Crippen MR) is 143 cm³/mol. The van der Waals surface area contributed by atoms with E-state index < -0.39 is 11.8 Å². The molecule has 2 amide bonds. The molecule has 1 aliphatic heterocycles. The van der Waals surface area contributed by atoms with Crippen molar-refractivity contribution in [2.75, 3.05) is 16.4 Å². The summed E-state index contributed by atoms with van der Waals surface area (Å²) in [5.41, 5.74) is 1.09. The summed E-state index contributed by atoms with van der Waals surface area (Å²) in [4.78, 5) is 29.9. The molecule has 1 heterocycles. The first-order valence-corrected chi connectivity index (χ1v) is 12.2. The van der Waals surface area contributed by atoms with E-state index in [2.05, 4.69) is 31.9 Å². The molecule has 0 aliphatic carbocycles. The van der Waals surface area contributed by atoms with Gasteiger partial charge in [-0.15, -0.1) is 0 Å². The summed E-state index contributed by atoms with van der Waals surface area (Å²) in [7, 11) is 0. The minimum Gasteiger partial charge on any atom is -0.504 e. The van der Waals surface area contributed by atoms with Gasteiger partial charge in [-0.1, -0.05) is 36.4 Å². The molecule has 0 saturated carbocycles. The number of phenols is 1. The first kappa shape index (κ1) is 24.1. The van der Waals surface area contributed by atoms with Crippen LogP contribution in [0.2, 0.25) is 0 Å². The molecule has 34 heavy (non-hydrogen) atoms. The lowest BCUT2D eigenvalue weighted by Crippen LogP contribution is -2.56. The number of nitrogens with zero attached hydrogens (tertiary/aromatic N) is 2. The highest BCUT2D eigenvalue weighted by atomic mass is 79.9. The summed E-state index contributed by atoms with van der Waals surface area (Å²) < 4.78 is 6.57. The van der Waals surface area contributed by atoms with E-state index in [1.54, 1.807) is 61.5 Å². The van der Waals surface area contributed by atoms with Crippen molar-refractivity contribution in [1.82, 2.24) is 0 Å². The molecule has 1 fully saturated rings. The lowest BCUT2D eigenvalue weighted by atomic mass is 10.0. The van der Waals surface area contributed by atoms with Crippen LogP contribution in [0.3, 0.4) is 0 Å². The smallest absolute Gasteiger partial charge is 0.270 e. The van der Waals surface area contributed by atoms with Crippen LogP contribution in [0.1, 0.15) is 12.5 Å². The maximum Gasteiger partial charge on any atom is 0.270 e. The molecule has 172 valence electrons. The Bertz CT molecular complexity index is 1250. The van der Waals surface area contributed by atoms with Crippen molar-refractivity contribution in [2.45, 2.75) is 6.92 Å². The van der Waals surface area contributed by atoms with E-state index in [1.807, 2.05) is 12.1 Å². The van der Waals surface area contributed by atoms with Crippen molar-refractivity contribution in [3.05, 3.63) is 86.8 Å². The number of carbonyl (C=O) groups excluding carboxylic acids is 2. The zero-order valence-corrected chi connectivity index (χ0v) is 21.9. The standard InChI is InChI=1S/C25H18Br2N2O4S/c1-2-33-20-14-19(26)21(27)17(22(20)30)13-18-23(31)28(15-9-5-3-6-10-15)25(34)29(24(18)32)16-11-7-4-8-12-16/h3-14,30H,2H2,1H3. The summed E-state index contributed by atoms with van der Waals surface area (Å²) in [6, 6.07) is 19.3. The van der Waals surface area contributed by atoms with Crippen LogP contribution in [0.15, 0.2) is 81.2 Å². The van der Waals surface area contributed by atoms with Gasteiger partial charge in [0.05, 0.1) is 18.0 Å². The Kier molecular flexibility index (Phi) is 7.16. The summed E-state index contributed by atoms with van der Waals surface area (Å²) in [6.45, 7) is 2.12. The van der Waals surface area contributed by atoms with Crippen LogP contribution in [0, 0.1) is 0 Å². The zero-order valence-electron chi connectivity index (χ0n) is 17.9. The quantitative estimate of drug-likeness (QED) is 0.219. The van der Waals surface area contributed by atoms with Crippen LogP contribution in [0.4, 0.5) is 11.4 Å². The second-order valence-corrected chi connectivity index (χ2v) is 9.17. The molecule has 1 aliphatic rings. The van der Waals surface area contributed by atoms with Crippen molar-refractivity contribution in [3.8, 4) is 11.5 Å². The lowest BCUT2D eigenvalue weighted by molar-refractivity contribution is -0.120. The number of para-hydroxylation sites is 2. The molecule has 9 heteroatoms. The van der Waals surface area contributed by atoms with E-state index in [9.17, 15) is 14.7 Å². The number of hydrogen-bond acceptors (Lipinski definition) is 5. The first-order valence-electron chi connectivity index (χ1n) is 10.2. The van der Waals surface area contributed by atoms with Crippen LogP contribution in [-0.2, 0) is 9.59 Å². The van der Waals surface area contributed by atoms with E-state index >= 15 is 0 Å². The monoisotopic (exact) mass is 600 g/mol. The third kappa shape index (κ3) is 4.38. The van der Waals surface area contributed by atoms with Crippen molar-refractivity contribution >= 4 is 78.5 Å². The normalized spacial score (nSPS) is 14.0. The van der Waals surface area contributed by atoms with E-state index in [4.69, 9.17) is 17.0 Å². The van der Waals surface area contributed by atoms with Crippen molar-refractivity contribution < 1.29 is 19.4 Å². The maximum atomic E-state index is 13.6. The predicted octanol–water partition coefficient (Wildman–Crippen LogP) is 6.06. The van der Waals surface area contributed by atoms with Gasteiger partial charge in [0.1, 0.15) is 5.57 Å². The second kappa shape index (κ2) is 10.1. The third-order valence-electron chi connectivity index (χ3n) is 5.06. The first-order chi connectivity index (χ1) is 16.3. The highest BCUT2D eigenvalue weighted by molar-refractivity contribution is 9.13. The van der Waals surface area contributed by atoms with E-state index in [0.717, 1.165) is 0 Å². The molecule has 0 bridgehead atoms. The largest absolute Gasteiger partial charge is 0.504 e. The molecule has 1 saturated heterocycles. The Labute approximate surface area is 218 Å². The van der Waals surface area contributed by atoms with Crippen LogP contribution >= 0.6 is 44.1 Å². The lowest BCUT2D eigenvalue weighted by Gasteiger charge is -2.36. The number of rotatable bonds is 5. The number of halogens is 2. The second-order valence-electron chi connectivity index (χ2n) is 7.16. The summed E-state index contributed by atoms with van der Waals surface area (Å²) in [5, 5.41) is 10.9. The Morgan fingerprint density at radius 2 is 1.44 bits per heavy atom. The van der Waals surface area contributed by atoms with Gasteiger partial charge in [-0.05, 0) is 87.4 Å². The molecule has 0 radical (unpaired) electrons. The number of aromatic hydroxyl groups is 1. The van der Waals surface area contributed by atoms with Gasteiger partial charge in [0, 0.05) is 14.5 Å². The van der Waals surface area contributed by atoms with Gasteiger partial charge in [-0.25, -0.2) is 0 Å². The number of thiocarbonyl (C=S) groups is 1. The number of phenolic OH excluding ortho intramolecular Hbond substituents is 1. The fraction of sp³-hybridized carbons (Fsp3) is 0.0800. The molecule has 6 nitrogen and oxygen atoms in total. The van der Waals surface area contributed by atoms with Crippen LogP contribution in [-0.4, -0.2) is 28.6 Å². The summed E-state index contributed by atoms with van der Waals surface area (Å²) in [6.07, 6.45) is 1.35. The Balaban J connectivity index is 1.93. The minimum atomic E-state index is -0.599. The van der Waals surface area contributed by atoms with Crippen LogP contribution in [0.25, 0.3) is 6.08 Å². The molecular weight excluding hydrogens is 584 g/mol. The average molecular weight is 602 g/mol. The van der Waals surface area contributed by atoms with Crippen molar-refractivity contribution in [1.29, 1.82) is 0 Å². The number of hydrogen-bond donors (Lipinski definition) is 1. The van der Waals surface area contributed by atoms with Gasteiger partial charge < -0.3 is 9.84 Å². The van der Waals surface area contributed by atoms with Gasteiger partial charge in [0.15, 0.2) is 16.6 Å². The van der Waals surface area contributed by atoms with E-state index in [1.165, 1.54) is 15.9 Å². The molecule has 3 aromatic carbocycles. The van der Waals surface area contributed by atoms with E-state index in [-0.39, 0.29) is 27.7 Å². The van der Waals surface area contributed by atoms with Crippen LogP contribution in [0.5, 0.6) is 11.5 Å². The van der Waals surface area contributed by atoms with Crippen LogP contribution < -0.4 is 14.5 Å². The maximum absolute atomic E-state index is 13.6. The highest BCUT2D eigenvalue weighted by Gasteiger charge is 2.41. The number of benzene rings is 3. The Hall–Kier alpha value is -3.01. The fourth-order valence-corrected chi connectivity index (χ4v) is 4.71. The molecule has 1 N–H and O–H groups in total. The SMILES string of the molecule is CCOc1cc(Br)c(Br)c(C=C2C(=O)N(c3ccccc3)C(=S)N(c3ccccc3)C2=O)c1O. The molecule has 0 spiro atoms. The van der Waals surface area contributed by atoms with E-state index in [0.29, 0.717) is 26.9 Å². The Morgan fingerprint density at radius 1 is 0.941 bits per heavy atom. The Morgan fingerprint density at radius 3 is 1.91 bits per heavy atom. The zero-order chi connectivity index (χ0) is 24.4. The number of carbonyl (C=O) groups is 2. The van der Waals surface area contributed by atoms with Gasteiger partial charge >= 0.3 is 0 Å². The molecule has 0 unspecified atom stereocenters. The van der Waals surface area contributed by atoms with Gasteiger partial charge in [0.25, 0.3) is 11.8 Å². The number of ether oxygens (including phenoxy) is 1. The molecule has 0 aromatic heterocycles.